The first-order chi connectivity index (χ1) is 11.5. The van der Waals surface area contributed by atoms with Crippen LogP contribution in [0, 0.1) is 11.7 Å². The van der Waals surface area contributed by atoms with Crippen molar-refractivity contribution >= 4 is 29.1 Å². The number of nitrogens with one attached hydrogen (secondary N) is 1. The number of hydrogen-bond acceptors (Lipinski definition) is 3. The number of carbonyl (C=O) groups excluding carboxylic acids is 2. The first-order valence-electron chi connectivity index (χ1n) is 8.21. The molecule has 0 saturated carbocycles. The van der Waals surface area contributed by atoms with Gasteiger partial charge in [0.05, 0.1) is 5.02 Å². The first-order valence-corrected chi connectivity index (χ1v) is 8.58. The minimum Gasteiger partial charge on any atom is -0.368 e. The van der Waals surface area contributed by atoms with Gasteiger partial charge in [0.2, 0.25) is 5.91 Å². The highest BCUT2D eigenvalue weighted by Gasteiger charge is 2.32. The molecule has 0 aliphatic carbocycles. The number of likely N-dealkylation sites (tertiary alicyclic amines) is 1. The van der Waals surface area contributed by atoms with E-state index in [-0.39, 0.29) is 28.9 Å². The van der Waals surface area contributed by atoms with Crippen LogP contribution in [0.2, 0.25) is 5.02 Å². The van der Waals surface area contributed by atoms with Crippen LogP contribution in [0.3, 0.4) is 0 Å². The van der Waals surface area contributed by atoms with Crippen LogP contribution in [0.4, 0.5) is 10.1 Å². The molecule has 0 radical (unpaired) electrons. The lowest BCUT2D eigenvalue weighted by Gasteiger charge is -2.32. The molecule has 0 aromatic heterocycles. The van der Waals surface area contributed by atoms with Gasteiger partial charge in [0.15, 0.2) is 0 Å². The van der Waals surface area contributed by atoms with Crippen molar-refractivity contribution in [1.29, 1.82) is 0 Å². The number of amides is 2. The predicted molar refractivity (Wildman–Crippen MR) is 88.3 cm³/mol. The number of hydrogen-bond donors (Lipinski definition) is 1. The molecule has 2 aliphatic heterocycles. The number of halogens is 2. The summed E-state index contributed by atoms with van der Waals surface area (Å²) >= 11 is 5.72. The summed E-state index contributed by atoms with van der Waals surface area (Å²) in [7, 11) is 0. The van der Waals surface area contributed by atoms with Crippen LogP contribution in [0.25, 0.3) is 0 Å². The fourth-order valence-corrected chi connectivity index (χ4v) is 3.34. The van der Waals surface area contributed by atoms with E-state index in [1.807, 2.05) is 0 Å². The molecule has 1 aromatic carbocycles. The normalized spacial score (nSPS) is 21.8. The maximum absolute atomic E-state index is 13.1. The molecule has 7 heteroatoms. The third-order valence-electron chi connectivity index (χ3n) is 4.57. The van der Waals surface area contributed by atoms with Gasteiger partial charge in [0.1, 0.15) is 11.9 Å². The number of nitrogens with zero attached hydrogens (tertiary/aromatic N) is 1. The van der Waals surface area contributed by atoms with Crippen LogP contribution in [-0.4, -0.2) is 42.5 Å². The standard InChI is InChI=1S/C17H20ClFN2O3/c18-13-10-12(3-4-14(13)19)20-16(22)11-5-7-21(8-6-11)17(23)15-2-1-9-24-15/h3-4,10-11,15H,1-2,5-9H2,(H,20,22). The zero-order valence-electron chi connectivity index (χ0n) is 13.3. The van der Waals surface area contributed by atoms with Crippen molar-refractivity contribution in [3.05, 3.63) is 29.0 Å². The second-order valence-corrected chi connectivity index (χ2v) is 6.63. The van der Waals surface area contributed by atoms with Crippen LogP contribution in [0.1, 0.15) is 25.7 Å². The van der Waals surface area contributed by atoms with Gasteiger partial charge in [0, 0.05) is 31.3 Å². The Morgan fingerprint density at radius 3 is 2.62 bits per heavy atom. The zero-order valence-corrected chi connectivity index (χ0v) is 14.0. The van der Waals surface area contributed by atoms with E-state index in [1.54, 1.807) is 4.90 Å². The van der Waals surface area contributed by atoms with Crippen LogP contribution in [0.5, 0.6) is 0 Å². The van der Waals surface area contributed by atoms with Crippen LogP contribution in [0.15, 0.2) is 18.2 Å². The van der Waals surface area contributed by atoms with E-state index in [4.69, 9.17) is 16.3 Å². The Hall–Kier alpha value is -1.66. The average Bonchev–Trinajstić information content (AvgIpc) is 3.12. The van der Waals surface area contributed by atoms with Crippen molar-refractivity contribution in [3.8, 4) is 0 Å². The highest BCUT2D eigenvalue weighted by molar-refractivity contribution is 6.31. The van der Waals surface area contributed by atoms with E-state index in [1.165, 1.54) is 18.2 Å². The van der Waals surface area contributed by atoms with E-state index in [0.29, 0.717) is 38.2 Å². The minimum absolute atomic E-state index is 0.0234. The van der Waals surface area contributed by atoms with Crippen LogP contribution in [-0.2, 0) is 14.3 Å². The van der Waals surface area contributed by atoms with E-state index in [2.05, 4.69) is 5.32 Å². The lowest BCUT2D eigenvalue weighted by atomic mass is 9.95. The Bertz CT molecular complexity index is 626. The van der Waals surface area contributed by atoms with E-state index < -0.39 is 5.82 Å². The third-order valence-corrected chi connectivity index (χ3v) is 4.86. The molecule has 130 valence electrons. The zero-order chi connectivity index (χ0) is 17.1. The molecule has 2 aliphatic rings. The molecule has 1 atom stereocenters. The van der Waals surface area contributed by atoms with Gasteiger partial charge in [-0.2, -0.15) is 0 Å². The molecule has 2 fully saturated rings. The third kappa shape index (κ3) is 3.87. The summed E-state index contributed by atoms with van der Waals surface area (Å²) in [6, 6.07) is 4.10. The van der Waals surface area contributed by atoms with E-state index in [9.17, 15) is 14.0 Å². The number of benzene rings is 1. The fraction of sp³-hybridized carbons (Fsp3) is 0.529. The fourth-order valence-electron chi connectivity index (χ4n) is 3.16. The van der Waals surface area contributed by atoms with Crippen molar-refractivity contribution in [2.24, 2.45) is 5.92 Å². The molecule has 1 unspecified atom stereocenters. The van der Waals surface area contributed by atoms with Gasteiger partial charge in [0.25, 0.3) is 5.91 Å². The lowest BCUT2D eigenvalue weighted by molar-refractivity contribution is -0.143. The lowest BCUT2D eigenvalue weighted by Crippen LogP contribution is -2.45. The van der Waals surface area contributed by atoms with Gasteiger partial charge in [-0.25, -0.2) is 4.39 Å². The van der Waals surface area contributed by atoms with Crippen LogP contribution < -0.4 is 5.32 Å². The Kier molecular flexibility index (Phi) is 5.36. The Balaban J connectivity index is 1.51. The van der Waals surface area contributed by atoms with E-state index >= 15 is 0 Å². The predicted octanol–water partition coefficient (Wildman–Crippen LogP) is 2.84. The minimum atomic E-state index is -0.518. The molecule has 0 spiro atoms. The molecular weight excluding hydrogens is 335 g/mol. The molecule has 3 rings (SSSR count). The van der Waals surface area contributed by atoms with Gasteiger partial charge < -0.3 is 15.0 Å². The maximum atomic E-state index is 13.1. The quantitative estimate of drug-likeness (QED) is 0.908. The molecule has 5 nitrogen and oxygen atoms in total. The Labute approximate surface area is 145 Å². The van der Waals surface area contributed by atoms with Gasteiger partial charge in [-0.3, -0.25) is 9.59 Å². The summed E-state index contributed by atoms with van der Waals surface area (Å²) in [5.74, 6) is -0.767. The first kappa shape index (κ1) is 17.2. The number of rotatable bonds is 3. The summed E-state index contributed by atoms with van der Waals surface area (Å²) in [5, 5.41) is 2.74. The Morgan fingerprint density at radius 2 is 2.00 bits per heavy atom. The summed E-state index contributed by atoms with van der Waals surface area (Å²) in [4.78, 5) is 26.4. The van der Waals surface area contributed by atoms with Crippen molar-refractivity contribution in [2.75, 3.05) is 25.0 Å². The molecule has 0 bridgehead atoms. The number of piperidine rings is 1. The molecular formula is C17H20ClFN2O3. The van der Waals surface area contributed by atoms with Crippen LogP contribution >= 0.6 is 11.6 Å². The molecule has 2 saturated heterocycles. The maximum Gasteiger partial charge on any atom is 0.251 e. The van der Waals surface area contributed by atoms with Crippen molar-refractivity contribution in [1.82, 2.24) is 4.90 Å². The monoisotopic (exact) mass is 354 g/mol. The van der Waals surface area contributed by atoms with E-state index in [0.717, 1.165) is 12.8 Å². The largest absolute Gasteiger partial charge is 0.368 e. The molecule has 2 heterocycles. The number of carbonyl (C=O) groups is 2. The Morgan fingerprint density at radius 1 is 1.25 bits per heavy atom. The SMILES string of the molecule is O=C(Nc1ccc(F)c(Cl)c1)C1CCN(C(=O)C2CCCO2)CC1. The van der Waals surface area contributed by atoms with Gasteiger partial charge in [-0.05, 0) is 43.9 Å². The smallest absolute Gasteiger partial charge is 0.251 e. The van der Waals surface area contributed by atoms with Crippen molar-refractivity contribution in [2.45, 2.75) is 31.8 Å². The van der Waals surface area contributed by atoms with Crippen molar-refractivity contribution in [3.63, 3.8) is 0 Å². The second-order valence-electron chi connectivity index (χ2n) is 6.22. The second kappa shape index (κ2) is 7.49. The molecule has 1 N–H and O–H groups in total. The van der Waals surface area contributed by atoms with Crippen molar-refractivity contribution < 1.29 is 18.7 Å². The molecule has 2 amide bonds. The average molecular weight is 355 g/mol. The highest BCUT2D eigenvalue weighted by Crippen LogP contribution is 2.24. The summed E-state index contributed by atoms with van der Waals surface area (Å²) in [5.41, 5.74) is 0.476. The number of ether oxygens (including phenoxy) is 1. The highest BCUT2D eigenvalue weighted by atomic mass is 35.5. The van der Waals surface area contributed by atoms with Gasteiger partial charge in [-0.15, -0.1) is 0 Å². The van der Waals surface area contributed by atoms with Gasteiger partial charge >= 0.3 is 0 Å². The summed E-state index contributed by atoms with van der Waals surface area (Å²) < 4.78 is 18.6. The topological polar surface area (TPSA) is 58.6 Å². The summed E-state index contributed by atoms with van der Waals surface area (Å²) in [6.45, 7) is 1.76. The molecule has 1 aromatic rings. The number of anilines is 1. The van der Waals surface area contributed by atoms with Gasteiger partial charge in [-0.1, -0.05) is 11.6 Å². The summed E-state index contributed by atoms with van der Waals surface area (Å²) in [6.07, 6.45) is 2.62. The molecule has 24 heavy (non-hydrogen) atoms.